The van der Waals surface area contributed by atoms with Crippen molar-refractivity contribution in [2.45, 2.75) is 12.6 Å². The van der Waals surface area contributed by atoms with Gasteiger partial charge in [0.2, 0.25) is 0 Å². The molecule has 1 saturated heterocycles. The minimum absolute atomic E-state index is 0.0640. The highest BCUT2D eigenvalue weighted by Gasteiger charge is 2.22. The number of anilines is 1. The van der Waals surface area contributed by atoms with Crippen molar-refractivity contribution in [3.8, 4) is 0 Å². The zero-order valence-corrected chi connectivity index (χ0v) is 13.4. The van der Waals surface area contributed by atoms with Crippen LogP contribution in [0.4, 0.5) is 5.69 Å². The van der Waals surface area contributed by atoms with Crippen molar-refractivity contribution in [2.24, 2.45) is 12.8 Å². The maximum atomic E-state index is 12.0. The van der Waals surface area contributed by atoms with Crippen molar-refractivity contribution >= 4 is 5.69 Å². The lowest BCUT2D eigenvalue weighted by molar-refractivity contribution is 0.187. The molecule has 0 spiro atoms. The molecule has 1 aromatic heterocycles. The van der Waals surface area contributed by atoms with Crippen molar-refractivity contribution in [3.05, 3.63) is 58.5 Å². The largest absolute Gasteiger partial charge is 0.369 e. The first-order valence-corrected chi connectivity index (χ1v) is 7.96. The molecular weight excluding hydrogens is 290 g/mol. The Morgan fingerprint density at radius 1 is 1.13 bits per heavy atom. The summed E-state index contributed by atoms with van der Waals surface area (Å²) in [6.45, 7) is 3.71. The third-order valence-electron chi connectivity index (χ3n) is 4.42. The summed E-state index contributed by atoms with van der Waals surface area (Å²) in [5, 5.41) is 3.95. The van der Waals surface area contributed by atoms with Crippen LogP contribution in [-0.2, 0) is 13.5 Å². The topological polar surface area (TPSA) is 67.4 Å². The van der Waals surface area contributed by atoms with Crippen molar-refractivity contribution in [2.75, 3.05) is 31.1 Å². The van der Waals surface area contributed by atoms with Crippen LogP contribution in [0.3, 0.4) is 0 Å². The van der Waals surface area contributed by atoms with Crippen LogP contribution in [0.5, 0.6) is 0 Å². The van der Waals surface area contributed by atoms with Crippen LogP contribution in [0.15, 0.2) is 47.4 Å². The molecule has 6 nitrogen and oxygen atoms in total. The van der Waals surface area contributed by atoms with E-state index in [0.717, 1.165) is 31.7 Å². The quantitative estimate of drug-likeness (QED) is 0.886. The number of rotatable bonds is 4. The number of aryl methyl sites for hydroxylation is 1. The van der Waals surface area contributed by atoms with Gasteiger partial charge in [-0.1, -0.05) is 18.2 Å². The van der Waals surface area contributed by atoms with Crippen LogP contribution in [0.1, 0.15) is 5.56 Å². The number of aromatic nitrogens is 2. The van der Waals surface area contributed by atoms with Crippen molar-refractivity contribution in [3.63, 3.8) is 0 Å². The first kappa shape index (κ1) is 15.7. The predicted octanol–water partition coefficient (Wildman–Crippen LogP) is 0.430. The molecule has 0 aliphatic carbocycles. The summed E-state index contributed by atoms with van der Waals surface area (Å²) in [4.78, 5) is 16.7. The molecule has 1 fully saturated rings. The summed E-state index contributed by atoms with van der Waals surface area (Å²) in [6, 6.07) is 12.2. The van der Waals surface area contributed by atoms with Gasteiger partial charge >= 0.3 is 0 Å². The van der Waals surface area contributed by atoms with E-state index in [0.29, 0.717) is 6.42 Å². The molecule has 0 saturated carbocycles. The number of piperazine rings is 1. The summed E-state index contributed by atoms with van der Waals surface area (Å²) >= 11 is 0. The van der Waals surface area contributed by atoms with Crippen LogP contribution >= 0.6 is 0 Å². The number of para-hydroxylation sites is 1. The molecular formula is C17H23N5O. The van der Waals surface area contributed by atoms with Gasteiger partial charge in [-0.2, -0.15) is 5.10 Å². The Hall–Kier alpha value is -2.18. The van der Waals surface area contributed by atoms with E-state index in [1.165, 1.54) is 10.4 Å². The van der Waals surface area contributed by atoms with E-state index in [1.807, 2.05) is 6.07 Å². The highest BCUT2D eigenvalue weighted by atomic mass is 16.1. The summed E-state index contributed by atoms with van der Waals surface area (Å²) in [5.74, 6) is 0. The van der Waals surface area contributed by atoms with Gasteiger partial charge in [0.1, 0.15) is 0 Å². The summed E-state index contributed by atoms with van der Waals surface area (Å²) in [7, 11) is 1.66. The van der Waals surface area contributed by atoms with Gasteiger partial charge in [-0.05, 0) is 18.2 Å². The summed E-state index contributed by atoms with van der Waals surface area (Å²) in [5.41, 5.74) is 8.23. The van der Waals surface area contributed by atoms with E-state index >= 15 is 0 Å². The number of hydrogen-bond acceptors (Lipinski definition) is 5. The first-order valence-electron chi connectivity index (χ1n) is 7.96. The molecule has 23 heavy (non-hydrogen) atoms. The fourth-order valence-corrected chi connectivity index (χ4v) is 3.02. The first-order chi connectivity index (χ1) is 11.1. The van der Waals surface area contributed by atoms with Gasteiger partial charge in [0.15, 0.2) is 0 Å². The van der Waals surface area contributed by atoms with Gasteiger partial charge in [0.05, 0.1) is 6.17 Å². The Morgan fingerprint density at radius 2 is 1.83 bits per heavy atom. The van der Waals surface area contributed by atoms with E-state index in [2.05, 4.69) is 39.2 Å². The molecule has 2 aromatic rings. The maximum Gasteiger partial charge on any atom is 0.269 e. The van der Waals surface area contributed by atoms with Crippen molar-refractivity contribution in [1.29, 1.82) is 0 Å². The smallest absolute Gasteiger partial charge is 0.269 e. The van der Waals surface area contributed by atoms with Crippen LogP contribution in [0.25, 0.3) is 0 Å². The van der Waals surface area contributed by atoms with Gasteiger partial charge in [-0.25, -0.2) is 4.68 Å². The molecule has 6 heteroatoms. The van der Waals surface area contributed by atoms with E-state index in [4.69, 9.17) is 5.73 Å². The normalized spacial score (nSPS) is 17.2. The molecule has 1 aromatic carbocycles. The molecule has 0 bridgehead atoms. The molecule has 2 N–H and O–H groups in total. The Morgan fingerprint density at radius 3 is 2.52 bits per heavy atom. The molecule has 0 amide bonds. The van der Waals surface area contributed by atoms with Crippen LogP contribution < -0.4 is 16.2 Å². The molecule has 1 aliphatic rings. The molecule has 1 atom stereocenters. The second-order valence-corrected chi connectivity index (χ2v) is 5.92. The van der Waals surface area contributed by atoms with E-state index in [9.17, 15) is 4.79 Å². The monoisotopic (exact) mass is 313 g/mol. The SMILES string of the molecule is Cn1nccc(CC(N)N2CCN(c3ccccc3)CC2)c1=O. The molecule has 1 aliphatic heterocycles. The lowest BCUT2D eigenvalue weighted by atomic mass is 10.1. The second kappa shape index (κ2) is 6.93. The average Bonchev–Trinajstić information content (AvgIpc) is 2.60. The zero-order chi connectivity index (χ0) is 16.2. The van der Waals surface area contributed by atoms with Crippen molar-refractivity contribution < 1.29 is 0 Å². The highest BCUT2D eigenvalue weighted by Crippen LogP contribution is 2.16. The Kier molecular flexibility index (Phi) is 4.73. The summed E-state index contributed by atoms with van der Waals surface area (Å²) < 4.78 is 1.36. The molecule has 0 radical (unpaired) electrons. The third kappa shape index (κ3) is 3.60. The highest BCUT2D eigenvalue weighted by molar-refractivity contribution is 5.46. The zero-order valence-electron chi connectivity index (χ0n) is 13.4. The molecule has 1 unspecified atom stereocenters. The average molecular weight is 313 g/mol. The number of nitrogens with two attached hydrogens (primary N) is 1. The lowest BCUT2D eigenvalue weighted by Gasteiger charge is -2.38. The lowest BCUT2D eigenvalue weighted by Crippen LogP contribution is -2.54. The maximum absolute atomic E-state index is 12.0. The number of nitrogens with zero attached hydrogens (tertiary/aromatic N) is 4. The Labute approximate surface area is 136 Å². The van der Waals surface area contributed by atoms with Gasteiger partial charge in [0, 0.05) is 57.1 Å². The van der Waals surface area contributed by atoms with Gasteiger partial charge in [0.25, 0.3) is 5.56 Å². The number of hydrogen-bond donors (Lipinski definition) is 1. The second-order valence-electron chi connectivity index (χ2n) is 5.92. The summed E-state index contributed by atoms with van der Waals surface area (Å²) in [6.07, 6.45) is 2.07. The van der Waals surface area contributed by atoms with Crippen LogP contribution in [0, 0.1) is 0 Å². The standard InChI is InChI=1S/C17H23N5O/c1-20-17(23)14(7-8-19-20)13-16(18)22-11-9-21(10-12-22)15-5-3-2-4-6-15/h2-8,16H,9-13,18H2,1H3. The van der Waals surface area contributed by atoms with Gasteiger partial charge in [-0.3, -0.25) is 9.69 Å². The van der Waals surface area contributed by atoms with Gasteiger partial charge in [-0.15, -0.1) is 0 Å². The van der Waals surface area contributed by atoms with E-state index < -0.39 is 0 Å². The minimum Gasteiger partial charge on any atom is -0.369 e. The fraction of sp³-hybridized carbons (Fsp3) is 0.412. The molecule has 2 heterocycles. The predicted molar refractivity (Wildman–Crippen MR) is 91.4 cm³/mol. The third-order valence-corrected chi connectivity index (χ3v) is 4.42. The van der Waals surface area contributed by atoms with Gasteiger partial charge < -0.3 is 10.6 Å². The van der Waals surface area contributed by atoms with Crippen LogP contribution in [-0.4, -0.2) is 47.0 Å². The van der Waals surface area contributed by atoms with E-state index in [1.54, 1.807) is 19.3 Å². The minimum atomic E-state index is -0.136. The fourth-order valence-electron chi connectivity index (χ4n) is 3.02. The molecule has 3 rings (SSSR count). The van der Waals surface area contributed by atoms with Crippen LogP contribution in [0.2, 0.25) is 0 Å². The van der Waals surface area contributed by atoms with E-state index in [-0.39, 0.29) is 11.7 Å². The number of benzene rings is 1. The molecule has 122 valence electrons. The Bertz CT molecular complexity index is 692. The van der Waals surface area contributed by atoms with Crippen molar-refractivity contribution in [1.82, 2.24) is 14.7 Å². The Balaban J connectivity index is 1.59.